The summed E-state index contributed by atoms with van der Waals surface area (Å²) in [4.78, 5) is 2.96. The molecule has 3 saturated carbocycles. The van der Waals surface area contributed by atoms with Crippen LogP contribution in [0.5, 0.6) is 0 Å². The minimum absolute atomic E-state index is 0.107. The second kappa shape index (κ2) is 13.3. The standard InChI is InChI=1S/C39H63NO10/c1-18-6-9-26-19(2)29-27(40(26)16-18)15-25-23-8-7-21-14-22(10-12-38(21,4)24(23)11-13-39(25,29)5)48-37-35(33(45)31(43)28(17-41)49-37)50-36-34(46)32(44)30(42)20(3)47-36/h7,18-20,22-37,41-46H,6,8-17H2,1-5H3/t18-,19+,20+,22-,23+,24-,25-,26+,27-,28+,29-,30-,31+,32+,33-,34+,35+,36-,37+,38-,39-/m0/s1. The predicted molar refractivity (Wildman–Crippen MR) is 182 cm³/mol. The predicted octanol–water partition coefficient (Wildman–Crippen LogP) is 2.33. The van der Waals surface area contributed by atoms with Crippen molar-refractivity contribution in [3.63, 3.8) is 0 Å². The van der Waals surface area contributed by atoms with E-state index in [4.69, 9.17) is 18.9 Å². The Morgan fingerprint density at radius 1 is 0.820 bits per heavy atom. The van der Waals surface area contributed by atoms with E-state index in [9.17, 15) is 30.6 Å². The summed E-state index contributed by atoms with van der Waals surface area (Å²) in [6.07, 6.45) is -0.545. The number of ether oxygens (including phenoxy) is 4. The fraction of sp³-hybridized carbons (Fsp3) is 0.949. The Labute approximate surface area is 297 Å². The molecule has 11 heteroatoms. The van der Waals surface area contributed by atoms with Gasteiger partial charge >= 0.3 is 0 Å². The van der Waals surface area contributed by atoms with Gasteiger partial charge in [0.05, 0.1) is 18.8 Å². The molecule has 4 aliphatic heterocycles. The zero-order valence-corrected chi connectivity index (χ0v) is 30.6. The molecule has 0 aromatic carbocycles. The largest absolute Gasteiger partial charge is 0.394 e. The van der Waals surface area contributed by atoms with E-state index in [-0.39, 0.29) is 11.5 Å². The number of hydrogen-bond donors (Lipinski definition) is 6. The maximum absolute atomic E-state index is 11.1. The number of allylic oxidation sites excluding steroid dienone is 1. The third-order valence-corrected chi connectivity index (χ3v) is 15.9. The Balaban J connectivity index is 0.978. The number of aliphatic hydroxyl groups is 6. The zero-order valence-electron chi connectivity index (χ0n) is 30.6. The molecule has 7 fully saturated rings. The van der Waals surface area contributed by atoms with E-state index in [0.717, 1.165) is 61.4 Å². The fourth-order valence-corrected chi connectivity index (χ4v) is 13.3. The Morgan fingerprint density at radius 2 is 1.60 bits per heavy atom. The van der Waals surface area contributed by atoms with Gasteiger partial charge in [-0.25, -0.2) is 0 Å². The second-order valence-electron chi connectivity index (χ2n) is 18.4. The van der Waals surface area contributed by atoms with Crippen molar-refractivity contribution in [3.8, 4) is 0 Å². The summed E-state index contributed by atoms with van der Waals surface area (Å²) < 4.78 is 24.2. The molecular weight excluding hydrogens is 642 g/mol. The van der Waals surface area contributed by atoms with E-state index in [2.05, 4.69) is 38.7 Å². The molecule has 6 N–H and O–H groups in total. The number of piperidine rings is 1. The molecule has 0 aromatic heterocycles. The van der Waals surface area contributed by atoms with Gasteiger partial charge in [-0.2, -0.15) is 0 Å². The lowest BCUT2D eigenvalue weighted by Gasteiger charge is -2.58. The maximum Gasteiger partial charge on any atom is 0.187 e. The van der Waals surface area contributed by atoms with Crippen LogP contribution >= 0.6 is 0 Å². The number of nitrogens with zero attached hydrogens (tertiary/aromatic N) is 1. The first kappa shape index (κ1) is 36.3. The highest BCUT2D eigenvalue weighted by atomic mass is 16.8. The van der Waals surface area contributed by atoms with Crippen molar-refractivity contribution in [3.05, 3.63) is 11.6 Å². The summed E-state index contributed by atoms with van der Waals surface area (Å²) >= 11 is 0. The van der Waals surface area contributed by atoms with E-state index < -0.39 is 68.0 Å². The molecule has 284 valence electrons. The van der Waals surface area contributed by atoms with E-state index in [1.54, 1.807) is 6.92 Å². The lowest BCUT2D eigenvalue weighted by Crippen LogP contribution is -2.64. The summed E-state index contributed by atoms with van der Waals surface area (Å²) in [5.74, 6) is 4.52. The molecule has 4 aliphatic carbocycles. The van der Waals surface area contributed by atoms with Gasteiger partial charge in [-0.1, -0.05) is 39.3 Å². The lowest BCUT2D eigenvalue weighted by atomic mass is 9.47. The number of rotatable bonds is 5. The average Bonchev–Trinajstić information content (AvgIpc) is 3.56. The first-order chi connectivity index (χ1) is 23.8. The van der Waals surface area contributed by atoms with Gasteiger partial charge in [-0.3, -0.25) is 4.90 Å². The molecule has 0 unspecified atom stereocenters. The summed E-state index contributed by atoms with van der Waals surface area (Å²) in [6.45, 7) is 12.5. The van der Waals surface area contributed by atoms with Crippen LogP contribution in [0.25, 0.3) is 0 Å². The van der Waals surface area contributed by atoms with Crippen molar-refractivity contribution in [2.45, 2.75) is 172 Å². The maximum atomic E-state index is 11.1. The number of fused-ring (bicyclic) bond motifs is 9. The SMILES string of the molecule is C[C@H]1CC[C@@H]2[C@@H](C)[C@H]3[C@H](C[C@H]4[C@@H]5CC=C6C[C@@H](O[C@@H]7O[C@H](CO)[C@@H](O)[C@H](O)[C@H]7O[C@@H]7O[C@H](C)[C@H](O)[C@@H](O)[C@H]7O)CC[C@]6(C)[C@H]5CC[C@]34C)N2C1. The van der Waals surface area contributed by atoms with Gasteiger partial charge in [0.25, 0.3) is 0 Å². The zero-order chi connectivity index (χ0) is 35.4. The summed E-state index contributed by atoms with van der Waals surface area (Å²) in [5, 5.41) is 62.9. The van der Waals surface area contributed by atoms with E-state index in [0.29, 0.717) is 17.3 Å². The topological polar surface area (TPSA) is 162 Å². The first-order valence-electron chi connectivity index (χ1n) is 19.8. The quantitative estimate of drug-likeness (QED) is 0.233. The number of aliphatic hydroxyl groups excluding tert-OH is 6. The van der Waals surface area contributed by atoms with Crippen LogP contribution in [-0.2, 0) is 18.9 Å². The van der Waals surface area contributed by atoms with Crippen molar-refractivity contribution in [2.24, 2.45) is 46.3 Å². The molecule has 4 heterocycles. The third kappa shape index (κ3) is 5.54. The van der Waals surface area contributed by atoms with Crippen molar-refractivity contribution in [1.82, 2.24) is 4.90 Å². The lowest BCUT2D eigenvalue weighted by molar-refractivity contribution is -0.369. The monoisotopic (exact) mass is 705 g/mol. The molecule has 0 bridgehead atoms. The Morgan fingerprint density at radius 3 is 2.36 bits per heavy atom. The summed E-state index contributed by atoms with van der Waals surface area (Å²) in [6, 6.07) is 1.52. The van der Waals surface area contributed by atoms with E-state index in [1.165, 1.54) is 44.2 Å². The molecule has 0 spiro atoms. The molecule has 0 aromatic rings. The van der Waals surface area contributed by atoms with Crippen LogP contribution in [0.15, 0.2) is 11.6 Å². The minimum atomic E-state index is -1.60. The van der Waals surface area contributed by atoms with Crippen LogP contribution in [0.1, 0.15) is 92.4 Å². The van der Waals surface area contributed by atoms with Crippen LogP contribution in [0.3, 0.4) is 0 Å². The molecule has 50 heavy (non-hydrogen) atoms. The van der Waals surface area contributed by atoms with Gasteiger partial charge < -0.3 is 49.6 Å². The van der Waals surface area contributed by atoms with Gasteiger partial charge in [0.2, 0.25) is 0 Å². The average molecular weight is 706 g/mol. The van der Waals surface area contributed by atoms with Crippen molar-refractivity contribution in [2.75, 3.05) is 13.2 Å². The molecule has 8 aliphatic rings. The molecule has 11 nitrogen and oxygen atoms in total. The normalized spacial score (nSPS) is 58.0. The molecule has 0 radical (unpaired) electrons. The van der Waals surface area contributed by atoms with Gasteiger partial charge in [-0.05, 0) is 111 Å². The minimum Gasteiger partial charge on any atom is -0.394 e. The molecule has 4 saturated heterocycles. The van der Waals surface area contributed by atoms with E-state index >= 15 is 0 Å². The summed E-state index contributed by atoms with van der Waals surface area (Å²) in [5.41, 5.74) is 1.96. The summed E-state index contributed by atoms with van der Waals surface area (Å²) in [7, 11) is 0. The van der Waals surface area contributed by atoms with Gasteiger partial charge in [0, 0.05) is 18.6 Å². The highest BCUT2D eigenvalue weighted by Crippen LogP contribution is 2.70. The van der Waals surface area contributed by atoms with Gasteiger partial charge in [-0.15, -0.1) is 0 Å². The smallest absolute Gasteiger partial charge is 0.187 e. The van der Waals surface area contributed by atoms with Crippen LogP contribution in [0.2, 0.25) is 0 Å². The molecule has 0 amide bonds. The van der Waals surface area contributed by atoms with E-state index in [1.807, 2.05) is 0 Å². The van der Waals surface area contributed by atoms with Crippen LogP contribution in [-0.4, -0.2) is 128 Å². The van der Waals surface area contributed by atoms with Gasteiger partial charge in [0.15, 0.2) is 12.6 Å². The highest BCUT2D eigenvalue weighted by Gasteiger charge is 2.66. The molecule has 8 rings (SSSR count). The Bertz CT molecular complexity index is 1290. The van der Waals surface area contributed by atoms with Crippen molar-refractivity contribution in [1.29, 1.82) is 0 Å². The Kier molecular flexibility index (Phi) is 9.62. The molecular formula is C39H63NO10. The van der Waals surface area contributed by atoms with Crippen LogP contribution in [0.4, 0.5) is 0 Å². The molecule has 21 atom stereocenters. The second-order valence-corrected chi connectivity index (χ2v) is 18.4. The first-order valence-corrected chi connectivity index (χ1v) is 19.8. The highest BCUT2D eigenvalue weighted by molar-refractivity contribution is 5.27. The van der Waals surface area contributed by atoms with Crippen molar-refractivity contribution >= 4 is 0 Å². The van der Waals surface area contributed by atoms with Gasteiger partial charge in [0.1, 0.15) is 42.7 Å². The van der Waals surface area contributed by atoms with Crippen LogP contribution < -0.4 is 0 Å². The third-order valence-electron chi connectivity index (χ3n) is 15.9. The number of hydrogen-bond acceptors (Lipinski definition) is 11. The van der Waals surface area contributed by atoms with Crippen molar-refractivity contribution < 1.29 is 49.6 Å². The fourth-order valence-electron chi connectivity index (χ4n) is 13.3. The van der Waals surface area contributed by atoms with Crippen LogP contribution in [0, 0.1) is 46.3 Å². The Hall–Kier alpha value is -0.700.